The molecule has 0 unspecified atom stereocenters. The summed E-state index contributed by atoms with van der Waals surface area (Å²) in [5.74, 6) is 0. The SMILES string of the molecule is CC1(C)C=C[C@@](C)(O)CC1. The Bertz CT molecular complexity index is 136. The van der Waals surface area contributed by atoms with E-state index in [-0.39, 0.29) is 0 Å². The molecule has 1 aliphatic carbocycles. The standard InChI is InChI=1S/C9H16O/c1-8(2)4-6-9(3,10)7-5-8/h4,6,10H,5,7H2,1-3H3/t9-/m1/s1. The minimum Gasteiger partial charge on any atom is -0.386 e. The number of aliphatic hydroxyl groups is 1. The molecular weight excluding hydrogens is 124 g/mol. The first-order chi connectivity index (χ1) is 4.41. The molecule has 1 atom stereocenters. The Morgan fingerprint density at radius 1 is 1.10 bits per heavy atom. The summed E-state index contributed by atoms with van der Waals surface area (Å²) in [7, 11) is 0. The molecule has 0 spiro atoms. The van der Waals surface area contributed by atoms with Gasteiger partial charge in [-0.3, -0.25) is 0 Å². The molecule has 1 aliphatic rings. The molecule has 10 heavy (non-hydrogen) atoms. The van der Waals surface area contributed by atoms with Crippen molar-refractivity contribution in [1.82, 2.24) is 0 Å². The van der Waals surface area contributed by atoms with Gasteiger partial charge in [-0.2, -0.15) is 0 Å². The van der Waals surface area contributed by atoms with Crippen LogP contribution in [-0.4, -0.2) is 10.7 Å². The molecule has 0 aliphatic heterocycles. The molecule has 0 saturated heterocycles. The van der Waals surface area contributed by atoms with Gasteiger partial charge in [-0.05, 0) is 25.2 Å². The zero-order valence-corrected chi connectivity index (χ0v) is 7.02. The van der Waals surface area contributed by atoms with Gasteiger partial charge in [-0.15, -0.1) is 0 Å². The van der Waals surface area contributed by atoms with Crippen molar-refractivity contribution in [2.24, 2.45) is 5.41 Å². The molecule has 0 bridgehead atoms. The third kappa shape index (κ3) is 1.84. The number of allylic oxidation sites excluding steroid dienone is 1. The Hall–Kier alpha value is -0.300. The second-order valence-electron chi connectivity index (χ2n) is 4.18. The Morgan fingerprint density at radius 3 is 2.00 bits per heavy atom. The lowest BCUT2D eigenvalue weighted by Gasteiger charge is -2.32. The molecule has 1 rings (SSSR count). The van der Waals surface area contributed by atoms with E-state index < -0.39 is 5.60 Å². The average Bonchev–Trinajstić information content (AvgIpc) is 1.79. The van der Waals surface area contributed by atoms with Crippen LogP contribution in [0.25, 0.3) is 0 Å². The third-order valence-corrected chi connectivity index (χ3v) is 2.17. The molecule has 58 valence electrons. The van der Waals surface area contributed by atoms with Gasteiger partial charge >= 0.3 is 0 Å². The van der Waals surface area contributed by atoms with Gasteiger partial charge < -0.3 is 5.11 Å². The fourth-order valence-corrected chi connectivity index (χ4v) is 1.15. The molecule has 0 aromatic carbocycles. The molecule has 0 radical (unpaired) electrons. The summed E-state index contributed by atoms with van der Waals surface area (Å²) >= 11 is 0. The maximum atomic E-state index is 9.52. The minimum absolute atomic E-state index is 0.294. The molecule has 0 aromatic heterocycles. The van der Waals surface area contributed by atoms with Gasteiger partial charge in [0.1, 0.15) is 0 Å². The normalized spacial score (nSPS) is 38.0. The molecule has 0 amide bonds. The summed E-state index contributed by atoms with van der Waals surface area (Å²) in [6.07, 6.45) is 5.99. The molecule has 0 fully saturated rings. The van der Waals surface area contributed by atoms with Crippen molar-refractivity contribution in [2.75, 3.05) is 0 Å². The van der Waals surface area contributed by atoms with Crippen LogP contribution in [-0.2, 0) is 0 Å². The van der Waals surface area contributed by atoms with E-state index in [0.717, 1.165) is 12.8 Å². The predicted molar refractivity (Wildman–Crippen MR) is 42.8 cm³/mol. The van der Waals surface area contributed by atoms with Crippen LogP contribution in [0.3, 0.4) is 0 Å². The highest BCUT2D eigenvalue weighted by molar-refractivity contribution is 5.09. The lowest BCUT2D eigenvalue weighted by molar-refractivity contribution is 0.0793. The molecular formula is C9H16O. The van der Waals surface area contributed by atoms with Crippen LogP contribution >= 0.6 is 0 Å². The van der Waals surface area contributed by atoms with Crippen LogP contribution in [0.15, 0.2) is 12.2 Å². The van der Waals surface area contributed by atoms with E-state index in [0.29, 0.717) is 5.41 Å². The first-order valence-corrected chi connectivity index (χ1v) is 3.84. The minimum atomic E-state index is -0.546. The van der Waals surface area contributed by atoms with E-state index in [1.807, 2.05) is 13.0 Å². The Kier molecular flexibility index (Phi) is 1.63. The van der Waals surface area contributed by atoms with Crippen molar-refractivity contribution in [2.45, 2.75) is 39.2 Å². The second kappa shape index (κ2) is 2.09. The van der Waals surface area contributed by atoms with E-state index in [1.54, 1.807) is 0 Å². The summed E-state index contributed by atoms with van der Waals surface area (Å²) in [6.45, 7) is 6.25. The van der Waals surface area contributed by atoms with Crippen LogP contribution in [0.4, 0.5) is 0 Å². The summed E-state index contributed by atoms with van der Waals surface area (Å²) in [5, 5.41) is 9.52. The maximum Gasteiger partial charge on any atom is 0.0800 e. The highest BCUT2D eigenvalue weighted by Crippen LogP contribution is 2.33. The van der Waals surface area contributed by atoms with Crippen LogP contribution in [0.5, 0.6) is 0 Å². The number of hydrogen-bond acceptors (Lipinski definition) is 1. The van der Waals surface area contributed by atoms with E-state index in [4.69, 9.17) is 0 Å². The van der Waals surface area contributed by atoms with E-state index in [9.17, 15) is 5.11 Å². The largest absolute Gasteiger partial charge is 0.386 e. The third-order valence-electron chi connectivity index (χ3n) is 2.17. The molecule has 0 heterocycles. The van der Waals surface area contributed by atoms with Crippen molar-refractivity contribution in [3.8, 4) is 0 Å². The van der Waals surface area contributed by atoms with Crippen LogP contribution < -0.4 is 0 Å². The summed E-state index contributed by atoms with van der Waals surface area (Å²) in [6, 6.07) is 0. The van der Waals surface area contributed by atoms with Crippen molar-refractivity contribution in [3.63, 3.8) is 0 Å². The Morgan fingerprint density at radius 2 is 1.70 bits per heavy atom. The van der Waals surface area contributed by atoms with Gasteiger partial charge in [-0.1, -0.05) is 26.0 Å². The van der Waals surface area contributed by atoms with Crippen molar-refractivity contribution in [3.05, 3.63) is 12.2 Å². The maximum absolute atomic E-state index is 9.52. The smallest absolute Gasteiger partial charge is 0.0800 e. The van der Waals surface area contributed by atoms with Crippen molar-refractivity contribution < 1.29 is 5.11 Å². The van der Waals surface area contributed by atoms with Gasteiger partial charge in [0.2, 0.25) is 0 Å². The highest BCUT2D eigenvalue weighted by atomic mass is 16.3. The van der Waals surface area contributed by atoms with E-state index in [2.05, 4.69) is 19.9 Å². The zero-order chi connectivity index (χ0) is 7.83. The fraction of sp³-hybridized carbons (Fsp3) is 0.778. The van der Waals surface area contributed by atoms with Crippen LogP contribution in [0.1, 0.15) is 33.6 Å². The molecule has 1 nitrogen and oxygen atoms in total. The monoisotopic (exact) mass is 140 g/mol. The summed E-state index contributed by atoms with van der Waals surface area (Å²) < 4.78 is 0. The van der Waals surface area contributed by atoms with Crippen molar-refractivity contribution >= 4 is 0 Å². The highest BCUT2D eigenvalue weighted by Gasteiger charge is 2.27. The topological polar surface area (TPSA) is 20.2 Å². The second-order valence-corrected chi connectivity index (χ2v) is 4.18. The van der Waals surface area contributed by atoms with Gasteiger partial charge in [-0.25, -0.2) is 0 Å². The average molecular weight is 140 g/mol. The molecule has 0 aromatic rings. The molecule has 0 saturated carbocycles. The van der Waals surface area contributed by atoms with Crippen molar-refractivity contribution in [1.29, 1.82) is 0 Å². The van der Waals surface area contributed by atoms with E-state index in [1.165, 1.54) is 0 Å². The lowest BCUT2D eigenvalue weighted by Crippen LogP contribution is -2.28. The van der Waals surface area contributed by atoms with E-state index >= 15 is 0 Å². The first kappa shape index (κ1) is 7.80. The first-order valence-electron chi connectivity index (χ1n) is 3.84. The number of rotatable bonds is 0. The quantitative estimate of drug-likeness (QED) is 0.511. The number of hydrogen-bond donors (Lipinski definition) is 1. The lowest BCUT2D eigenvalue weighted by atomic mass is 9.78. The van der Waals surface area contributed by atoms with Gasteiger partial charge in [0.25, 0.3) is 0 Å². The van der Waals surface area contributed by atoms with Gasteiger partial charge in [0, 0.05) is 0 Å². The van der Waals surface area contributed by atoms with Crippen LogP contribution in [0, 0.1) is 5.41 Å². The fourth-order valence-electron chi connectivity index (χ4n) is 1.15. The summed E-state index contributed by atoms with van der Waals surface area (Å²) in [5.41, 5.74) is -0.252. The summed E-state index contributed by atoms with van der Waals surface area (Å²) in [4.78, 5) is 0. The van der Waals surface area contributed by atoms with Gasteiger partial charge in [0.05, 0.1) is 5.60 Å². The molecule has 1 heteroatoms. The Labute approximate surface area is 62.8 Å². The van der Waals surface area contributed by atoms with Gasteiger partial charge in [0.15, 0.2) is 0 Å². The molecule has 1 N–H and O–H groups in total. The Balaban J connectivity index is 2.70. The van der Waals surface area contributed by atoms with Crippen LogP contribution in [0.2, 0.25) is 0 Å². The predicted octanol–water partition coefficient (Wildman–Crippen LogP) is 2.11. The zero-order valence-electron chi connectivity index (χ0n) is 7.02.